The van der Waals surface area contributed by atoms with E-state index in [2.05, 4.69) is 49.6 Å². The van der Waals surface area contributed by atoms with Crippen LogP contribution < -0.4 is 4.74 Å². The van der Waals surface area contributed by atoms with Crippen molar-refractivity contribution >= 4 is 21.6 Å². The molecule has 3 aliphatic rings. The summed E-state index contributed by atoms with van der Waals surface area (Å²) in [5, 5.41) is 8.90. The maximum atomic E-state index is 13.2. The number of unbranched alkanes of at least 4 members (excludes halogenated alkanes) is 3. The molecule has 0 aromatic heterocycles. The first kappa shape index (κ1) is 46.6. The number of ether oxygens (including phenoxy) is 3. The summed E-state index contributed by atoms with van der Waals surface area (Å²) in [7, 11) is 6.00. The Morgan fingerprint density at radius 2 is 1.53 bits per heavy atom. The fraction of sp³-hybridized carbons (Fsp3) is 0.846. The molecule has 55 heavy (non-hydrogen) atoms. The summed E-state index contributed by atoms with van der Waals surface area (Å²) in [6.07, 6.45) is -10.5. The van der Waals surface area contributed by atoms with Crippen LogP contribution in [0.15, 0.2) is 18.2 Å². The molecule has 0 heterocycles. The first-order valence-electron chi connectivity index (χ1n) is 19.5. The predicted molar refractivity (Wildman–Crippen MR) is 200 cm³/mol. The highest BCUT2D eigenvalue weighted by Crippen LogP contribution is 2.62. The van der Waals surface area contributed by atoms with Gasteiger partial charge in [-0.1, -0.05) is 47.4 Å². The van der Waals surface area contributed by atoms with Crippen molar-refractivity contribution in [2.75, 3.05) is 52.3 Å². The highest BCUT2D eigenvalue weighted by Gasteiger charge is 2.85. The Bertz CT molecular complexity index is 1310. The average Bonchev–Trinajstić information content (AvgIpc) is 3.42. The summed E-state index contributed by atoms with van der Waals surface area (Å²) in [5.41, 5.74) is -3.89. The molecule has 0 bridgehead atoms. The van der Waals surface area contributed by atoms with Crippen LogP contribution in [0.5, 0.6) is 5.75 Å². The van der Waals surface area contributed by atoms with Crippen molar-refractivity contribution in [3.8, 4) is 5.75 Å². The summed E-state index contributed by atoms with van der Waals surface area (Å²) >= 11 is 0. The molecule has 0 amide bonds. The summed E-state index contributed by atoms with van der Waals surface area (Å²) in [6.45, 7) is 7.61. The Hall–Kier alpha value is -1.07. The standard InChI is InChI=1S/C39H58F9NO4S2/c1-34(2,55-54-25-8-6-5-7-21-50)18-19-49(4)20-24-51-28-11-13-29-27(26-28)10-12-31-30(29)16-17-35(3)32(31)14-15-33(35)52-22-9-23-53-36(37(40,41)42,38(43,44)45)39(46,47)48/h11,13,26,30-33,50H,5-10,12,14-25H2,1-4H3/t30-,31?,32+,33+,35+/m1/s1. The van der Waals surface area contributed by atoms with Gasteiger partial charge in [-0.3, -0.25) is 0 Å². The van der Waals surface area contributed by atoms with Gasteiger partial charge in [0.1, 0.15) is 12.4 Å². The van der Waals surface area contributed by atoms with Crippen molar-refractivity contribution in [1.82, 2.24) is 4.90 Å². The van der Waals surface area contributed by atoms with Crippen LogP contribution in [0.1, 0.15) is 108 Å². The van der Waals surface area contributed by atoms with E-state index >= 15 is 0 Å². The number of hydrogen-bond acceptors (Lipinski definition) is 7. The Kier molecular flexibility index (Phi) is 16.4. The van der Waals surface area contributed by atoms with Gasteiger partial charge in [-0.2, -0.15) is 39.5 Å². The molecule has 5 nitrogen and oxygen atoms in total. The van der Waals surface area contributed by atoms with Crippen molar-refractivity contribution in [3.63, 3.8) is 0 Å². The van der Waals surface area contributed by atoms with Crippen molar-refractivity contribution in [1.29, 1.82) is 0 Å². The lowest BCUT2D eigenvalue weighted by Crippen LogP contribution is -2.67. The number of halogens is 9. The third-order valence-corrected chi connectivity index (χ3v) is 15.4. The van der Waals surface area contributed by atoms with Crippen LogP contribution in [0, 0.1) is 17.3 Å². The molecule has 0 spiro atoms. The first-order valence-corrected chi connectivity index (χ1v) is 21.8. The van der Waals surface area contributed by atoms with Gasteiger partial charge in [0.25, 0.3) is 0 Å². The fourth-order valence-corrected chi connectivity index (χ4v) is 11.6. The Morgan fingerprint density at radius 3 is 2.20 bits per heavy atom. The van der Waals surface area contributed by atoms with E-state index in [9.17, 15) is 39.5 Å². The second-order valence-electron chi connectivity index (χ2n) is 16.3. The topological polar surface area (TPSA) is 51.2 Å². The van der Waals surface area contributed by atoms with Gasteiger partial charge in [-0.25, -0.2) is 0 Å². The molecule has 1 unspecified atom stereocenters. The SMILES string of the molecule is CN(CCOc1ccc2c(c1)CCC1[C@@H]2CC[C@]2(C)[C@@H](OCCCOC(C(F)(F)F)(C(F)(F)F)C(F)(F)F)CC[C@@H]12)CCC(C)(C)SSCCCCCCO. The zero-order valence-electron chi connectivity index (χ0n) is 32.3. The minimum absolute atomic E-state index is 0.168. The van der Waals surface area contributed by atoms with Gasteiger partial charge in [-0.05, 0) is 138 Å². The molecular formula is C39H58F9NO4S2. The number of rotatable bonds is 21. The maximum absolute atomic E-state index is 13.2. The van der Waals surface area contributed by atoms with E-state index in [1.165, 1.54) is 17.5 Å². The third kappa shape index (κ3) is 11.4. The Balaban J connectivity index is 1.21. The van der Waals surface area contributed by atoms with Crippen LogP contribution in [0.25, 0.3) is 0 Å². The maximum Gasteiger partial charge on any atom is 0.435 e. The average molecular weight is 840 g/mol. The molecule has 16 heteroatoms. The lowest BCUT2D eigenvalue weighted by atomic mass is 9.55. The number of aryl methyl sites for hydroxylation is 1. The predicted octanol–water partition coefficient (Wildman–Crippen LogP) is 11.2. The fourth-order valence-electron chi connectivity index (χ4n) is 8.87. The number of likely N-dealkylation sites (N-methyl/N-ethyl adjacent to an activating group) is 1. The van der Waals surface area contributed by atoms with Crippen molar-refractivity contribution < 1.29 is 58.8 Å². The number of alkyl halides is 9. The molecule has 2 fully saturated rings. The van der Waals surface area contributed by atoms with Gasteiger partial charge >= 0.3 is 24.1 Å². The number of fused-ring (bicyclic) bond motifs is 5. The monoisotopic (exact) mass is 839 g/mol. The molecule has 5 atom stereocenters. The van der Waals surface area contributed by atoms with Crippen molar-refractivity contribution in [2.45, 2.75) is 139 Å². The summed E-state index contributed by atoms with van der Waals surface area (Å²) < 4.78 is 135. The number of hydrogen-bond donors (Lipinski definition) is 1. The molecule has 0 aliphatic heterocycles. The normalized spacial score (nSPS) is 24.9. The Morgan fingerprint density at radius 1 is 0.836 bits per heavy atom. The van der Waals surface area contributed by atoms with Crippen LogP contribution >= 0.6 is 21.6 Å². The highest BCUT2D eigenvalue weighted by atomic mass is 33.1. The van der Waals surface area contributed by atoms with Crippen molar-refractivity contribution in [3.05, 3.63) is 29.3 Å². The van der Waals surface area contributed by atoms with Crippen LogP contribution in [0.2, 0.25) is 0 Å². The largest absolute Gasteiger partial charge is 0.492 e. The second kappa shape index (κ2) is 19.3. The molecular weight excluding hydrogens is 782 g/mol. The third-order valence-electron chi connectivity index (χ3n) is 12.0. The second-order valence-corrected chi connectivity index (χ2v) is 19.5. The van der Waals surface area contributed by atoms with Gasteiger partial charge in [0.05, 0.1) is 12.7 Å². The number of nitrogens with zero attached hydrogens (tertiary/aromatic N) is 1. The van der Waals surface area contributed by atoms with Gasteiger partial charge < -0.3 is 24.2 Å². The zero-order valence-corrected chi connectivity index (χ0v) is 33.9. The zero-order chi connectivity index (χ0) is 40.7. The van der Waals surface area contributed by atoms with E-state index in [4.69, 9.17) is 14.6 Å². The molecule has 2 saturated carbocycles. The minimum atomic E-state index is -6.74. The number of aliphatic hydroxyl groups is 1. The molecule has 4 rings (SSSR count). The van der Waals surface area contributed by atoms with E-state index in [1.807, 2.05) is 27.7 Å². The summed E-state index contributed by atoms with van der Waals surface area (Å²) in [6, 6.07) is 6.39. The smallest absolute Gasteiger partial charge is 0.435 e. The van der Waals surface area contributed by atoms with Gasteiger partial charge in [0, 0.05) is 30.3 Å². The van der Waals surface area contributed by atoms with E-state index in [0.717, 1.165) is 82.4 Å². The van der Waals surface area contributed by atoms with E-state index in [-0.39, 0.29) is 29.5 Å². The summed E-state index contributed by atoms with van der Waals surface area (Å²) in [5.74, 6) is 3.05. The van der Waals surface area contributed by atoms with Gasteiger partial charge in [-0.15, -0.1) is 0 Å². The summed E-state index contributed by atoms with van der Waals surface area (Å²) in [4.78, 5) is 2.30. The molecule has 1 N–H and O–H groups in total. The molecule has 0 saturated heterocycles. The van der Waals surface area contributed by atoms with Crippen LogP contribution in [0.3, 0.4) is 0 Å². The molecule has 318 valence electrons. The minimum Gasteiger partial charge on any atom is -0.492 e. The molecule has 1 aromatic rings. The number of benzene rings is 1. The lowest BCUT2D eigenvalue weighted by molar-refractivity contribution is -0.457. The van der Waals surface area contributed by atoms with Gasteiger partial charge in [0.15, 0.2) is 0 Å². The quantitative estimate of drug-likeness (QED) is 0.0752. The van der Waals surface area contributed by atoms with E-state index < -0.39 is 37.2 Å². The Labute approximate surface area is 327 Å². The van der Waals surface area contributed by atoms with E-state index in [0.29, 0.717) is 30.8 Å². The number of aliphatic hydroxyl groups excluding tert-OH is 1. The van der Waals surface area contributed by atoms with Crippen LogP contribution in [-0.4, -0.2) is 97.3 Å². The van der Waals surface area contributed by atoms with E-state index in [1.54, 1.807) is 0 Å². The highest BCUT2D eigenvalue weighted by molar-refractivity contribution is 8.77. The molecule has 3 aliphatic carbocycles. The van der Waals surface area contributed by atoms with Crippen LogP contribution in [-0.2, 0) is 15.9 Å². The molecule has 0 radical (unpaired) electrons. The first-order chi connectivity index (χ1) is 25.7. The lowest BCUT2D eigenvalue weighted by Gasteiger charge is -2.50. The van der Waals surface area contributed by atoms with Crippen molar-refractivity contribution in [2.24, 2.45) is 17.3 Å². The van der Waals surface area contributed by atoms with Gasteiger partial charge in [0.2, 0.25) is 0 Å². The molecule has 1 aromatic carbocycles. The van der Waals surface area contributed by atoms with Crippen LogP contribution in [0.4, 0.5) is 39.5 Å².